The third-order valence-electron chi connectivity index (χ3n) is 3.01. The number of nitrogens with one attached hydrogen (secondary N) is 1. The van der Waals surface area contributed by atoms with E-state index in [9.17, 15) is 4.79 Å². The smallest absolute Gasteiger partial charge is 0.279 e. The summed E-state index contributed by atoms with van der Waals surface area (Å²) in [5, 5.41) is 1.04. The minimum Gasteiger partial charge on any atom is -0.351 e. The number of carbonyl (C=O) groups excluding carboxylic acids is 1. The van der Waals surface area contributed by atoms with E-state index in [-0.39, 0.29) is 5.91 Å². The molecule has 18 heavy (non-hydrogen) atoms. The average molecular weight is 239 g/mol. The van der Waals surface area contributed by atoms with Crippen LogP contribution in [0.1, 0.15) is 23.2 Å². The number of rotatable bonds is 2. The van der Waals surface area contributed by atoms with E-state index in [4.69, 9.17) is 0 Å². The first-order chi connectivity index (χ1) is 8.79. The van der Waals surface area contributed by atoms with Crippen LogP contribution in [0, 0.1) is 0 Å². The van der Waals surface area contributed by atoms with E-state index in [0.29, 0.717) is 5.69 Å². The molecule has 0 atom stereocenters. The Bertz CT molecular complexity index is 675. The number of hydrogen-bond acceptors (Lipinski definition) is 2. The van der Waals surface area contributed by atoms with Gasteiger partial charge in [0, 0.05) is 29.7 Å². The van der Waals surface area contributed by atoms with Gasteiger partial charge in [-0.25, -0.2) is 4.98 Å². The first kappa shape index (κ1) is 10.8. The van der Waals surface area contributed by atoms with Gasteiger partial charge in [0.2, 0.25) is 0 Å². The Morgan fingerprint density at radius 2 is 2.22 bits per heavy atom. The lowest BCUT2D eigenvalue weighted by Crippen LogP contribution is -2.14. The van der Waals surface area contributed by atoms with E-state index in [1.54, 1.807) is 17.0 Å². The molecule has 2 heterocycles. The summed E-state index contributed by atoms with van der Waals surface area (Å²) in [4.78, 5) is 19.6. The topological polar surface area (TPSA) is 50.7 Å². The summed E-state index contributed by atoms with van der Waals surface area (Å²) >= 11 is 0. The number of para-hydroxylation sites is 1. The van der Waals surface area contributed by atoms with Crippen LogP contribution in [0.3, 0.4) is 0 Å². The molecule has 0 aliphatic carbocycles. The van der Waals surface area contributed by atoms with Crippen LogP contribution in [0.2, 0.25) is 0 Å². The van der Waals surface area contributed by atoms with Gasteiger partial charge in [0.15, 0.2) is 0 Å². The van der Waals surface area contributed by atoms with Crippen LogP contribution in [0.5, 0.6) is 0 Å². The molecule has 0 bridgehead atoms. The summed E-state index contributed by atoms with van der Waals surface area (Å²) in [6, 6.07) is 9.72. The lowest BCUT2D eigenvalue weighted by Gasteiger charge is -2.02. The van der Waals surface area contributed by atoms with Crippen molar-refractivity contribution in [2.75, 3.05) is 0 Å². The molecule has 0 saturated heterocycles. The van der Waals surface area contributed by atoms with Crippen molar-refractivity contribution in [3.05, 3.63) is 54.2 Å². The first-order valence-corrected chi connectivity index (χ1v) is 5.94. The van der Waals surface area contributed by atoms with E-state index < -0.39 is 0 Å². The highest BCUT2D eigenvalue weighted by atomic mass is 16.2. The first-order valence-electron chi connectivity index (χ1n) is 5.94. The van der Waals surface area contributed by atoms with Crippen molar-refractivity contribution in [3.63, 3.8) is 0 Å². The number of imidazole rings is 1. The van der Waals surface area contributed by atoms with Crippen LogP contribution in [-0.4, -0.2) is 20.4 Å². The second-order valence-electron chi connectivity index (χ2n) is 4.14. The molecule has 0 radical (unpaired) electrons. The lowest BCUT2D eigenvalue weighted by atomic mass is 10.2. The molecule has 0 spiro atoms. The molecule has 1 aromatic carbocycles. The Hall–Kier alpha value is -2.36. The molecule has 90 valence electrons. The van der Waals surface area contributed by atoms with Crippen molar-refractivity contribution in [2.45, 2.75) is 13.3 Å². The molecule has 0 aliphatic heterocycles. The largest absolute Gasteiger partial charge is 0.351 e. The Morgan fingerprint density at radius 1 is 1.39 bits per heavy atom. The van der Waals surface area contributed by atoms with Gasteiger partial charge in [-0.15, -0.1) is 0 Å². The lowest BCUT2D eigenvalue weighted by molar-refractivity contribution is 0.0952. The molecule has 1 N–H and O–H groups in total. The number of benzene rings is 1. The van der Waals surface area contributed by atoms with Crippen LogP contribution >= 0.6 is 0 Å². The monoisotopic (exact) mass is 239 g/mol. The van der Waals surface area contributed by atoms with E-state index in [1.165, 1.54) is 0 Å². The summed E-state index contributed by atoms with van der Waals surface area (Å²) < 4.78 is 1.59. The maximum Gasteiger partial charge on any atom is 0.279 e. The Balaban J connectivity index is 2.06. The highest BCUT2D eigenvalue weighted by molar-refractivity contribution is 5.99. The molecule has 4 nitrogen and oxygen atoms in total. The molecular formula is C14H13N3O. The van der Waals surface area contributed by atoms with Crippen molar-refractivity contribution >= 4 is 16.8 Å². The highest BCUT2D eigenvalue weighted by Gasteiger charge is 2.14. The molecule has 0 unspecified atom stereocenters. The van der Waals surface area contributed by atoms with E-state index in [2.05, 4.69) is 9.97 Å². The molecule has 0 saturated carbocycles. The fourth-order valence-corrected chi connectivity index (χ4v) is 2.10. The maximum absolute atomic E-state index is 12.3. The van der Waals surface area contributed by atoms with Gasteiger partial charge in [0.1, 0.15) is 11.5 Å². The van der Waals surface area contributed by atoms with E-state index in [1.807, 2.05) is 37.3 Å². The normalized spacial score (nSPS) is 10.9. The van der Waals surface area contributed by atoms with Crippen molar-refractivity contribution in [1.82, 2.24) is 14.5 Å². The highest BCUT2D eigenvalue weighted by Crippen LogP contribution is 2.16. The fraction of sp³-hybridized carbons (Fsp3) is 0.143. The molecule has 2 aromatic heterocycles. The zero-order chi connectivity index (χ0) is 12.5. The standard InChI is InChI=1S/C14H13N3O/c1-2-13-15-7-8-17(13)14(18)12-9-10-5-3-4-6-11(10)16-12/h3-9,16H,2H2,1H3. The second-order valence-corrected chi connectivity index (χ2v) is 4.14. The molecule has 4 heteroatoms. The summed E-state index contributed by atoms with van der Waals surface area (Å²) in [7, 11) is 0. The van der Waals surface area contributed by atoms with E-state index >= 15 is 0 Å². The van der Waals surface area contributed by atoms with Crippen LogP contribution in [0.4, 0.5) is 0 Å². The Labute approximate surface area is 104 Å². The number of H-pyrrole nitrogens is 1. The van der Waals surface area contributed by atoms with Gasteiger partial charge in [-0.1, -0.05) is 25.1 Å². The zero-order valence-electron chi connectivity index (χ0n) is 10.1. The van der Waals surface area contributed by atoms with Gasteiger partial charge in [-0.2, -0.15) is 0 Å². The molecule has 0 aliphatic rings. The van der Waals surface area contributed by atoms with Gasteiger partial charge in [-0.05, 0) is 12.1 Å². The Kier molecular flexibility index (Phi) is 2.48. The minimum absolute atomic E-state index is 0.0689. The van der Waals surface area contributed by atoms with Gasteiger partial charge >= 0.3 is 0 Å². The van der Waals surface area contributed by atoms with E-state index in [0.717, 1.165) is 23.1 Å². The van der Waals surface area contributed by atoms with Gasteiger partial charge in [0.25, 0.3) is 5.91 Å². The molecule has 3 aromatic rings. The van der Waals surface area contributed by atoms with Crippen LogP contribution in [0.15, 0.2) is 42.7 Å². The number of carbonyl (C=O) groups is 1. The molecular weight excluding hydrogens is 226 g/mol. The molecule has 3 rings (SSSR count). The maximum atomic E-state index is 12.3. The number of fused-ring (bicyclic) bond motifs is 1. The van der Waals surface area contributed by atoms with Crippen molar-refractivity contribution in [3.8, 4) is 0 Å². The SMILES string of the molecule is CCc1nccn1C(=O)c1cc2ccccc2[nH]1. The third-order valence-corrected chi connectivity index (χ3v) is 3.01. The third kappa shape index (κ3) is 1.62. The van der Waals surface area contributed by atoms with Crippen LogP contribution in [0.25, 0.3) is 10.9 Å². The number of aromatic nitrogens is 3. The summed E-state index contributed by atoms with van der Waals surface area (Å²) in [6.45, 7) is 1.98. The Morgan fingerprint density at radius 3 is 3.00 bits per heavy atom. The summed E-state index contributed by atoms with van der Waals surface area (Å²) in [6.07, 6.45) is 4.09. The second kappa shape index (κ2) is 4.14. The quantitative estimate of drug-likeness (QED) is 0.747. The van der Waals surface area contributed by atoms with Crippen molar-refractivity contribution in [1.29, 1.82) is 0 Å². The predicted octanol–water partition coefficient (Wildman–Crippen LogP) is 2.62. The zero-order valence-corrected chi connectivity index (χ0v) is 10.1. The molecule has 0 fully saturated rings. The predicted molar refractivity (Wildman–Crippen MR) is 69.6 cm³/mol. The average Bonchev–Trinajstić information content (AvgIpc) is 3.03. The van der Waals surface area contributed by atoms with Gasteiger partial charge in [-0.3, -0.25) is 9.36 Å². The fourth-order valence-electron chi connectivity index (χ4n) is 2.10. The van der Waals surface area contributed by atoms with Crippen molar-refractivity contribution < 1.29 is 4.79 Å². The number of aryl methyl sites for hydroxylation is 1. The van der Waals surface area contributed by atoms with Gasteiger partial charge < -0.3 is 4.98 Å². The van der Waals surface area contributed by atoms with Crippen LogP contribution < -0.4 is 0 Å². The number of hydrogen-bond donors (Lipinski definition) is 1. The van der Waals surface area contributed by atoms with Gasteiger partial charge in [0.05, 0.1) is 0 Å². The molecule has 0 amide bonds. The summed E-state index contributed by atoms with van der Waals surface area (Å²) in [5.74, 6) is 0.708. The van der Waals surface area contributed by atoms with Crippen molar-refractivity contribution in [2.24, 2.45) is 0 Å². The number of nitrogens with zero attached hydrogens (tertiary/aromatic N) is 2. The minimum atomic E-state index is -0.0689. The summed E-state index contributed by atoms with van der Waals surface area (Å²) in [5.41, 5.74) is 1.56. The number of aromatic amines is 1. The van der Waals surface area contributed by atoms with Crippen LogP contribution in [-0.2, 0) is 6.42 Å².